The summed E-state index contributed by atoms with van der Waals surface area (Å²) in [5, 5.41) is 0. The molecule has 0 aromatic rings. The molecule has 2 atom stereocenters. The summed E-state index contributed by atoms with van der Waals surface area (Å²) in [6, 6.07) is 0. The number of hydrogen-bond donors (Lipinski definition) is 0. The molecule has 0 saturated heterocycles. The SMILES string of the molecule is C=C1C(C)(C)[C@]2(C(=O)OC)CC[C@@]1(C(=O)OC)C2. The predicted molar refractivity (Wildman–Crippen MR) is 65.7 cm³/mol. The average Bonchev–Trinajstić information content (AvgIpc) is 2.84. The van der Waals surface area contributed by atoms with Crippen molar-refractivity contribution in [2.75, 3.05) is 14.2 Å². The number of methoxy groups -OCH3 is 2. The van der Waals surface area contributed by atoms with Crippen molar-refractivity contribution in [2.45, 2.75) is 33.1 Å². The van der Waals surface area contributed by atoms with E-state index in [4.69, 9.17) is 9.47 Å². The van der Waals surface area contributed by atoms with Gasteiger partial charge in [-0.3, -0.25) is 9.59 Å². The van der Waals surface area contributed by atoms with Crippen LogP contribution in [0.5, 0.6) is 0 Å². The van der Waals surface area contributed by atoms with Crippen molar-refractivity contribution in [3.05, 3.63) is 12.2 Å². The molecule has 0 aliphatic heterocycles. The van der Waals surface area contributed by atoms with Crippen LogP contribution < -0.4 is 0 Å². The molecule has 0 spiro atoms. The summed E-state index contributed by atoms with van der Waals surface area (Å²) in [6.45, 7) is 8.02. The Morgan fingerprint density at radius 3 is 2.17 bits per heavy atom. The highest BCUT2D eigenvalue weighted by molar-refractivity contribution is 5.89. The lowest BCUT2D eigenvalue weighted by Crippen LogP contribution is -2.43. The molecule has 2 aliphatic carbocycles. The van der Waals surface area contributed by atoms with Crippen LogP contribution >= 0.6 is 0 Å². The third kappa shape index (κ3) is 1.16. The highest BCUT2D eigenvalue weighted by atomic mass is 16.5. The molecule has 2 aliphatic rings. The second kappa shape index (κ2) is 3.59. The Morgan fingerprint density at radius 2 is 1.67 bits per heavy atom. The molecule has 4 heteroatoms. The molecule has 100 valence electrons. The van der Waals surface area contributed by atoms with Crippen molar-refractivity contribution < 1.29 is 19.1 Å². The molecule has 2 bridgehead atoms. The maximum absolute atomic E-state index is 12.2. The number of ether oxygens (including phenoxy) is 2. The van der Waals surface area contributed by atoms with Crippen molar-refractivity contribution in [3.8, 4) is 0 Å². The standard InChI is InChI=1S/C14H20O4/c1-9-12(2,3)14(11(16)18-5)7-6-13(9,8-14)10(15)17-4/h1,6-8H2,2-5H3/t13-,14-/m1/s1. The van der Waals surface area contributed by atoms with Gasteiger partial charge in [0.2, 0.25) is 0 Å². The Hall–Kier alpha value is -1.32. The van der Waals surface area contributed by atoms with E-state index in [0.29, 0.717) is 19.3 Å². The molecule has 0 amide bonds. The van der Waals surface area contributed by atoms with Crippen LogP contribution in [0, 0.1) is 16.2 Å². The number of fused-ring (bicyclic) bond motifs is 2. The monoisotopic (exact) mass is 252 g/mol. The third-order valence-corrected chi connectivity index (χ3v) is 5.26. The molecule has 0 aromatic carbocycles. The van der Waals surface area contributed by atoms with Crippen LogP contribution in [-0.4, -0.2) is 26.2 Å². The Morgan fingerprint density at radius 1 is 1.11 bits per heavy atom. The molecular weight excluding hydrogens is 232 g/mol. The van der Waals surface area contributed by atoms with Crippen molar-refractivity contribution in [1.82, 2.24) is 0 Å². The minimum atomic E-state index is -0.702. The fourth-order valence-corrected chi connectivity index (χ4v) is 3.91. The van der Waals surface area contributed by atoms with Gasteiger partial charge in [-0.15, -0.1) is 0 Å². The first-order valence-electron chi connectivity index (χ1n) is 6.15. The lowest BCUT2D eigenvalue weighted by Gasteiger charge is -2.42. The van der Waals surface area contributed by atoms with E-state index in [1.54, 1.807) is 0 Å². The fraction of sp³-hybridized carbons (Fsp3) is 0.714. The van der Waals surface area contributed by atoms with E-state index in [0.717, 1.165) is 5.57 Å². The highest BCUT2D eigenvalue weighted by Gasteiger charge is 2.72. The second-order valence-corrected chi connectivity index (χ2v) is 5.93. The summed E-state index contributed by atoms with van der Waals surface area (Å²) in [6.07, 6.45) is 1.74. The number of carbonyl (C=O) groups is 2. The minimum Gasteiger partial charge on any atom is -0.469 e. The van der Waals surface area contributed by atoms with Gasteiger partial charge < -0.3 is 9.47 Å². The molecule has 18 heavy (non-hydrogen) atoms. The van der Waals surface area contributed by atoms with Crippen molar-refractivity contribution >= 4 is 11.9 Å². The van der Waals surface area contributed by atoms with Crippen LogP contribution in [0.2, 0.25) is 0 Å². The summed E-state index contributed by atoms with van der Waals surface area (Å²) in [4.78, 5) is 24.3. The van der Waals surface area contributed by atoms with E-state index in [2.05, 4.69) is 6.58 Å². The highest BCUT2D eigenvalue weighted by Crippen LogP contribution is 2.72. The smallest absolute Gasteiger partial charge is 0.315 e. The van der Waals surface area contributed by atoms with Gasteiger partial charge in [0.1, 0.15) is 0 Å². The van der Waals surface area contributed by atoms with Crippen LogP contribution in [0.25, 0.3) is 0 Å². The van der Waals surface area contributed by atoms with Gasteiger partial charge in [0.05, 0.1) is 25.0 Å². The normalized spacial score (nSPS) is 36.6. The number of carbonyl (C=O) groups excluding carboxylic acids is 2. The fourth-order valence-electron chi connectivity index (χ4n) is 3.91. The van der Waals surface area contributed by atoms with E-state index in [9.17, 15) is 9.59 Å². The van der Waals surface area contributed by atoms with Crippen molar-refractivity contribution in [3.63, 3.8) is 0 Å². The predicted octanol–water partition coefficient (Wildman–Crippen LogP) is 2.09. The summed E-state index contributed by atoms with van der Waals surface area (Å²) in [7, 11) is 2.78. The van der Waals surface area contributed by atoms with Gasteiger partial charge in [-0.1, -0.05) is 26.0 Å². The summed E-state index contributed by atoms with van der Waals surface area (Å²) < 4.78 is 9.89. The van der Waals surface area contributed by atoms with Gasteiger partial charge in [-0.05, 0) is 19.3 Å². The van der Waals surface area contributed by atoms with Crippen LogP contribution in [0.15, 0.2) is 12.2 Å². The van der Waals surface area contributed by atoms with E-state index in [-0.39, 0.29) is 11.9 Å². The Balaban J connectivity index is 2.54. The van der Waals surface area contributed by atoms with Crippen LogP contribution in [0.3, 0.4) is 0 Å². The molecular formula is C14H20O4. The zero-order valence-electron chi connectivity index (χ0n) is 11.5. The zero-order chi connectivity index (χ0) is 13.8. The van der Waals surface area contributed by atoms with Crippen molar-refractivity contribution in [1.29, 1.82) is 0 Å². The molecule has 0 heterocycles. The topological polar surface area (TPSA) is 52.6 Å². The first kappa shape index (κ1) is 13.1. The van der Waals surface area contributed by atoms with E-state index < -0.39 is 16.2 Å². The summed E-state index contributed by atoms with van der Waals surface area (Å²) in [5.41, 5.74) is -0.968. The molecule has 4 nitrogen and oxygen atoms in total. The molecule has 2 fully saturated rings. The van der Waals surface area contributed by atoms with Crippen LogP contribution in [0.1, 0.15) is 33.1 Å². The largest absolute Gasteiger partial charge is 0.469 e. The van der Waals surface area contributed by atoms with Crippen molar-refractivity contribution in [2.24, 2.45) is 16.2 Å². The summed E-state index contributed by atoms with van der Waals surface area (Å²) in [5.74, 6) is -0.513. The van der Waals surface area contributed by atoms with Gasteiger partial charge in [-0.2, -0.15) is 0 Å². The Kier molecular flexibility index (Phi) is 2.62. The molecule has 0 aromatic heterocycles. The first-order chi connectivity index (χ1) is 8.28. The summed E-state index contributed by atoms with van der Waals surface area (Å²) >= 11 is 0. The molecule has 2 rings (SSSR count). The molecule has 0 radical (unpaired) electrons. The Labute approximate surface area is 107 Å². The lowest BCUT2D eigenvalue weighted by atomic mass is 9.61. The first-order valence-corrected chi connectivity index (χ1v) is 6.15. The minimum absolute atomic E-state index is 0.239. The van der Waals surface area contributed by atoms with E-state index in [1.165, 1.54) is 14.2 Å². The van der Waals surface area contributed by atoms with Gasteiger partial charge in [-0.25, -0.2) is 0 Å². The molecule has 2 saturated carbocycles. The molecule has 0 N–H and O–H groups in total. The maximum Gasteiger partial charge on any atom is 0.315 e. The number of esters is 2. The van der Waals surface area contributed by atoms with Gasteiger partial charge in [0.25, 0.3) is 0 Å². The molecule has 0 unspecified atom stereocenters. The maximum atomic E-state index is 12.2. The van der Waals surface area contributed by atoms with Gasteiger partial charge in [0.15, 0.2) is 0 Å². The number of hydrogen-bond acceptors (Lipinski definition) is 4. The Bertz CT molecular complexity index is 437. The van der Waals surface area contributed by atoms with Gasteiger partial charge in [0, 0.05) is 5.41 Å². The quantitative estimate of drug-likeness (QED) is 0.558. The van der Waals surface area contributed by atoms with Crippen LogP contribution in [0.4, 0.5) is 0 Å². The lowest BCUT2D eigenvalue weighted by molar-refractivity contribution is -0.157. The van der Waals surface area contributed by atoms with Crippen LogP contribution in [-0.2, 0) is 19.1 Å². The van der Waals surface area contributed by atoms with E-state index in [1.807, 2.05) is 13.8 Å². The zero-order valence-corrected chi connectivity index (χ0v) is 11.5. The second-order valence-electron chi connectivity index (χ2n) is 5.93. The number of rotatable bonds is 2. The third-order valence-electron chi connectivity index (χ3n) is 5.26. The van der Waals surface area contributed by atoms with Gasteiger partial charge >= 0.3 is 11.9 Å². The average molecular weight is 252 g/mol. The van der Waals surface area contributed by atoms with E-state index >= 15 is 0 Å².